The van der Waals surface area contributed by atoms with Gasteiger partial charge in [-0.2, -0.15) is 9.61 Å². The number of aromatic nitrogens is 6. The molecule has 0 saturated carbocycles. The molecule has 0 spiro atoms. The first-order valence-corrected chi connectivity index (χ1v) is 9.90. The lowest BCUT2D eigenvalue weighted by Crippen LogP contribution is -2.12. The molecule has 10 heteroatoms. The van der Waals surface area contributed by atoms with Crippen molar-refractivity contribution in [2.75, 3.05) is 20.0 Å². The second kappa shape index (κ2) is 8.10. The summed E-state index contributed by atoms with van der Waals surface area (Å²) in [5, 5.41) is 23.4. The maximum absolute atomic E-state index is 14.1. The van der Waals surface area contributed by atoms with Crippen molar-refractivity contribution in [3.05, 3.63) is 59.9 Å². The Hall–Kier alpha value is -3.11. The normalized spacial score (nSPS) is 12.3. The smallest absolute Gasteiger partial charge is 0.187 e. The summed E-state index contributed by atoms with van der Waals surface area (Å²) in [5.74, 6) is -0.563. The Kier molecular flexibility index (Phi) is 5.36. The molecule has 29 heavy (non-hydrogen) atoms. The Morgan fingerprint density at radius 1 is 1.24 bits per heavy atom. The lowest BCUT2D eigenvalue weighted by atomic mass is 9.99. The second-order valence-corrected chi connectivity index (χ2v) is 6.90. The van der Waals surface area contributed by atoms with Crippen LogP contribution in [-0.4, -0.2) is 54.9 Å². The number of aliphatic hydroxyl groups excluding tert-OH is 1. The van der Waals surface area contributed by atoms with E-state index in [4.69, 9.17) is 4.74 Å². The molecule has 0 fully saturated rings. The molecule has 4 rings (SSSR count). The van der Waals surface area contributed by atoms with Gasteiger partial charge in [0.15, 0.2) is 28.2 Å². The molecule has 0 bridgehead atoms. The molecular weight excluding hydrogens is 395 g/mol. The van der Waals surface area contributed by atoms with E-state index >= 15 is 0 Å². The zero-order valence-corrected chi connectivity index (χ0v) is 16.5. The molecular formula is C19H17FN6O2S. The van der Waals surface area contributed by atoms with E-state index in [1.54, 1.807) is 30.6 Å². The molecule has 0 radical (unpaired) electrons. The Labute approximate surface area is 169 Å². The maximum atomic E-state index is 14.1. The zero-order valence-electron chi connectivity index (χ0n) is 15.7. The lowest BCUT2D eigenvalue weighted by molar-refractivity contribution is 0.275. The Bertz CT molecular complexity index is 1170. The Balaban J connectivity index is 1.73. The number of hydrogen-bond acceptors (Lipinski definition) is 8. The van der Waals surface area contributed by atoms with E-state index in [0.29, 0.717) is 22.2 Å². The summed E-state index contributed by atoms with van der Waals surface area (Å²) < 4.78 is 20.6. The highest BCUT2D eigenvalue weighted by Gasteiger charge is 2.22. The van der Waals surface area contributed by atoms with Gasteiger partial charge in [-0.15, -0.1) is 10.2 Å². The van der Waals surface area contributed by atoms with E-state index in [2.05, 4.69) is 25.3 Å². The predicted molar refractivity (Wildman–Crippen MR) is 105 cm³/mol. The molecule has 0 aliphatic rings. The van der Waals surface area contributed by atoms with Gasteiger partial charge < -0.3 is 9.84 Å². The number of halogens is 1. The molecule has 0 aliphatic heterocycles. The maximum Gasteiger partial charge on any atom is 0.187 e. The highest BCUT2D eigenvalue weighted by atomic mass is 32.2. The minimum absolute atomic E-state index is 0.133. The molecule has 3 heterocycles. The van der Waals surface area contributed by atoms with Gasteiger partial charge in [0.05, 0.1) is 31.5 Å². The van der Waals surface area contributed by atoms with Gasteiger partial charge >= 0.3 is 0 Å². The number of methoxy groups -OCH3 is 1. The van der Waals surface area contributed by atoms with Crippen molar-refractivity contribution in [1.82, 2.24) is 29.8 Å². The van der Waals surface area contributed by atoms with E-state index in [1.807, 2.05) is 6.26 Å². The van der Waals surface area contributed by atoms with Gasteiger partial charge in [0.1, 0.15) is 0 Å². The van der Waals surface area contributed by atoms with Crippen molar-refractivity contribution in [3.63, 3.8) is 0 Å². The first-order chi connectivity index (χ1) is 14.1. The quantitative estimate of drug-likeness (QED) is 0.381. The standard InChI is InChI=1S/C19H17FN6O2S/c1-28-16-4-3-11(7-14(16)20)13(10-27)18-25-24-17-8-12(9-22-26(17)18)15-5-6-21-19(23-15)29-2/h3-9,13,27H,10H2,1-2H3/t13-/m1/s1. The second-order valence-electron chi connectivity index (χ2n) is 6.13. The average Bonchev–Trinajstić information content (AvgIpc) is 3.17. The van der Waals surface area contributed by atoms with Crippen molar-refractivity contribution in [1.29, 1.82) is 0 Å². The number of ether oxygens (including phenoxy) is 1. The summed E-state index contributed by atoms with van der Waals surface area (Å²) in [4.78, 5) is 8.63. The average molecular weight is 412 g/mol. The lowest BCUT2D eigenvalue weighted by Gasteiger charge is -2.13. The minimum atomic E-state index is -0.592. The van der Waals surface area contributed by atoms with Crippen LogP contribution in [0.1, 0.15) is 17.3 Å². The fraction of sp³-hybridized carbons (Fsp3) is 0.211. The van der Waals surface area contributed by atoms with E-state index in [9.17, 15) is 9.50 Å². The summed E-state index contributed by atoms with van der Waals surface area (Å²) in [6, 6.07) is 8.11. The van der Waals surface area contributed by atoms with Crippen LogP contribution in [0.5, 0.6) is 5.75 Å². The topological polar surface area (TPSA) is 98.3 Å². The number of nitrogens with zero attached hydrogens (tertiary/aromatic N) is 6. The molecule has 4 aromatic rings. The van der Waals surface area contributed by atoms with Gasteiger partial charge in [0.25, 0.3) is 0 Å². The van der Waals surface area contributed by atoms with Gasteiger partial charge in [0, 0.05) is 11.8 Å². The molecule has 0 saturated heterocycles. The molecule has 1 aromatic carbocycles. The molecule has 0 amide bonds. The van der Waals surface area contributed by atoms with Crippen molar-refractivity contribution in [2.45, 2.75) is 11.1 Å². The highest BCUT2D eigenvalue weighted by molar-refractivity contribution is 7.98. The number of fused-ring (bicyclic) bond motifs is 1. The van der Waals surface area contributed by atoms with Crippen LogP contribution in [0.3, 0.4) is 0 Å². The molecule has 0 aliphatic carbocycles. The Morgan fingerprint density at radius 2 is 2.10 bits per heavy atom. The third-order valence-electron chi connectivity index (χ3n) is 4.47. The van der Waals surface area contributed by atoms with E-state index in [1.165, 1.54) is 35.5 Å². The molecule has 1 atom stereocenters. The third kappa shape index (κ3) is 3.64. The van der Waals surface area contributed by atoms with Crippen LogP contribution < -0.4 is 4.74 Å². The van der Waals surface area contributed by atoms with Gasteiger partial charge in [-0.3, -0.25) is 0 Å². The van der Waals surface area contributed by atoms with Crippen LogP contribution in [0.4, 0.5) is 4.39 Å². The van der Waals surface area contributed by atoms with Gasteiger partial charge in [-0.05, 0) is 36.1 Å². The fourth-order valence-electron chi connectivity index (χ4n) is 3.00. The molecule has 8 nitrogen and oxygen atoms in total. The molecule has 3 aromatic heterocycles. The van der Waals surface area contributed by atoms with Crippen LogP contribution in [0.15, 0.2) is 47.9 Å². The van der Waals surface area contributed by atoms with Crippen molar-refractivity contribution in [2.24, 2.45) is 0 Å². The summed E-state index contributed by atoms with van der Waals surface area (Å²) >= 11 is 1.45. The summed E-state index contributed by atoms with van der Waals surface area (Å²) in [7, 11) is 1.40. The van der Waals surface area contributed by atoms with E-state index in [-0.39, 0.29) is 12.4 Å². The minimum Gasteiger partial charge on any atom is -0.494 e. The predicted octanol–water partition coefficient (Wildman–Crippen LogP) is 2.58. The molecule has 1 N–H and O–H groups in total. The van der Waals surface area contributed by atoms with Gasteiger partial charge in [0.2, 0.25) is 0 Å². The van der Waals surface area contributed by atoms with Crippen molar-refractivity contribution in [3.8, 4) is 17.0 Å². The highest BCUT2D eigenvalue weighted by Crippen LogP contribution is 2.28. The molecule has 148 valence electrons. The van der Waals surface area contributed by atoms with Gasteiger partial charge in [-0.1, -0.05) is 17.8 Å². The summed E-state index contributed by atoms with van der Waals surface area (Å²) in [6.07, 6.45) is 5.24. The number of thioether (sulfide) groups is 1. The number of benzene rings is 1. The largest absolute Gasteiger partial charge is 0.494 e. The number of hydrogen-bond donors (Lipinski definition) is 1. The number of rotatable bonds is 6. The van der Waals surface area contributed by atoms with Crippen LogP contribution in [0.2, 0.25) is 0 Å². The van der Waals surface area contributed by atoms with Crippen molar-refractivity contribution < 1.29 is 14.2 Å². The van der Waals surface area contributed by atoms with Crippen LogP contribution in [-0.2, 0) is 0 Å². The van der Waals surface area contributed by atoms with Crippen LogP contribution in [0.25, 0.3) is 16.9 Å². The number of aliphatic hydroxyl groups is 1. The van der Waals surface area contributed by atoms with E-state index in [0.717, 1.165) is 11.3 Å². The summed E-state index contributed by atoms with van der Waals surface area (Å²) in [5.41, 5.74) is 2.53. The van der Waals surface area contributed by atoms with Crippen LogP contribution >= 0.6 is 11.8 Å². The zero-order chi connectivity index (χ0) is 20.4. The van der Waals surface area contributed by atoms with E-state index < -0.39 is 11.7 Å². The summed E-state index contributed by atoms with van der Waals surface area (Å²) in [6.45, 7) is -0.279. The SMILES string of the molecule is COc1ccc([C@@H](CO)c2nnc3cc(-c4ccnc(SC)n4)cnn23)cc1F. The van der Waals surface area contributed by atoms with Gasteiger partial charge in [-0.25, -0.2) is 14.4 Å². The third-order valence-corrected chi connectivity index (χ3v) is 5.03. The van der Waals surface area contributed by atoms with Crippen molar-refractivity contribution >= 4 is 17.4 Å². The first-order valence-electron chi connectivity index (χ1n) is 8.67. The molecule has 0 unspecified atom stereocenters. The van der Waals surface area contributed by atoms with Crippen LogP contribution in [0, 0.1) is 5.82 Å². The first kappa shape index (κ1) is 19.2. The fourth-order valence-corrected chi connectivity index (χ4v) is 3.36. The Morgan fingerprint density at radius 3 is 2.83 bits per heavy atom. The monoisotopic (exact) mass is 412 g/mol.